The lowest BCUT2D eigenvalue weighted by Crippen LogP contribution is -2.30. The van der Waals surface area contributed by atoms with E-state index in [2.05, 4.69) is 26.1 Å². The molecule has 13 heavy (non-hydrogen) atoms. The minimum absolute atomic E-state index is 0.305. The molecule has 1 rings (SSSR count). The maximum atomic E-state index is 5.04. The lowest BCUT2D eigenvalue weighted by Gasteiger charge is -2.23. The second-order valence-corrected chi connectivity index (χ2v) is 4.25. The van der Waals surface area contributed by atoms with Crippen molar-refractivity contribution in [2.24, 2.45) is 5.41 Å². The van der Waals surface area contributed by atoms with Gasteiger partial charge in [-0.3, -0.25) is 0 Å². The normalized spacial score (nSPS) is 11.9. The minimum Gasteiger partial charge on any atom is -0.472 e. The molecule has 1 heterocycles. The molecule has 0 amide bonds. The molecule has 0 aromatic carbocycles. The molecule has 74 valence electrons. The Bertz CT molecular complexity index is 226. The van der Waals surface area contributed by atoms with Crippen LogP contribution in [0.5, 0.6) is 0 Å². The second kappa shape index (κ2) is 4.47. The summed E-state index contributed by atoms with van der Waals surface area (Å²) in [6.45, 7) is 8.75. The van der Waals surface area contributed by atoms with Crippen LogP contribution in [-0.2, 0) is 6.42 Å². The van der Waals surface area contributed by atoms with Gasteiger partial charge < -0.3 is 9.73 Å². The fourth-order valence-corrected chi connectivity index (χ4v) is 1.47. The zero-order valence-electron chi connectivity index (χ0n) is 8.76. The molecule has 0 aliphatic rings. The van der Waals surface area contributed by atoms with Crippen LogP contribution in [0.25, 0.3) is 0 Å². The SMILES string of the molecule is CCNCC(C)(C)Cc1ccoc1. The average Bonchev–Trinajstić information content (AvgIpc) is 2.52. The van der Waals surface area contributed by atoms with Crippen LogP contribution >= 0.6 is 0 Å². The van der Waals surface area contributed by atoms with E-state index in [1.165, 1.54) is 5.56 Å². The van der Waals surface area contributed by atoms with E-state index < -0.39 is 0 Å². The molecule has 0 aliphatic carbocycles. The Balaban J connectivity index is 2.42. The Hall–Kier alpha value is -0.760. The third-order valence-electron chi connectivity index (χ3n) is 2.12. The van der Waals surface area contributed by atoms with E-state index in [9.17, 15) is 0 Å². The first-order valence-corrected chi connectivity index (χ1v) is 4.86. The summed E-state index contributed by atoms with van der Waals surface area (Å²) in [6.07, 6.45) is 4.63. The maximum absolute atomic E-state index is 5.04. The van der Waals surface area contributed by atoms with E-state index in [4.69, 9.17) is 4.42 Å². The van der Waals surface area contributed by atoms with Crippen molar-refractivity contribution in [2.75, 3.05) is 13.1 Å². The van der Waals surface area contributed by atoms with Crippen molar-refractivity contribution in [1.29, 1.82) is 0 Å². The summed E-state index contributed by atoms with van der Waals surface area (Å²) in [6, 6.07) is 2.04. The van der Waals surface area contributed by atoms with Crippen LogP contribution in [-0.4, -0.2) is 13.1 Å². The third-order valence-corrected chi connectivity index (χ3v) is 2.12. The number of rotatable bonds is 5. The van der Waals surface area contributed by atoms with Crippen LogP contribution in [0.2, 0.25) is 0 Å². The first kappa shape index (κ1) is 10.3. The molecule has 0 radical (unpaired) electrons. The molecule has 0 aliphatic heterocycles. The first-order chi connectivity index (χ1) is 6.14. The minimum atomic E-state index is 0.305. The Morgan fingerprint density at radius 3 is 2.77 bits per heavy atom. The molecule has 0 spiro atoms. The van der Waals surface area contributed by atoms with E-state index >= 15 is 0 Å². The van der Waals surface area contributed by atoms with E-state index in [1.54, 1.807) is 6.26 Å². The van der Waals surface area contributed by atoms with Crippen LogP contribution in [0, 0.1) is 5.41 Å². The summed E-state index contributed by atoms with van der Waals surface area (Å²) in [5, 5.41) is 3.37. The Morgan fingerprint density at radius 1 is 1.46 bits per heavy atom. The number of hydrogen-bond donors (Lipinski definition) is 1. The van der Waals surface area contributed by atoms with Crippen molar-refractivity contribution >= 4 is 0 Å². The molecule has 0 fully saturated rings. The van der Waals surface area contributed by atoms with Crippen LogP contribution in [0.4, 0.5) is 0 Å². The maximum Gasteiger partial charge on any atom is 0.0934 e. The van der Waals surface area contributed by atoms with Gasteiger partial charge in [0.1, 0.15) is 0 Å². The van der Waals surface area contributed by atoms with Gasteiger partial charge in [-0.05, 0) is 30.0 Å². The zero-order valence-corrected chi connectivity index (χ0v) is 8.76. The molecule has 0 atom stereocenters. The molecular formula is C11H19NO. The largest absolute Gasteiger partial charge is 0.472 e. The molecule has 2 heteroatoms. The molecule has 0 bridgehead atoms. The van der Waals surface area contributed by atoms with Crippen molar-refractivity contribution < 1.29 is 4.42 Å². The molecule has 0 saturated carbocycles. The van der Waals surface area contributed by atoms with E-state index in [1.807, 2.05) is 12.3 Å². The summed E-state index contributed by atoms with van der Waals surface area (Å²) in [4.78, 5) is 0. The van der Waals surface area contributed by atoms with Gasteiger partial charge in [0.15, 0.2) is 0 Å². The smallest absolute Gasteiger partial charge is 0.0934 e. The number of nitrogens with one attached hydrogen (secondary N) is 1. The number of furan rings is 1. The van der Waals surface area contributed by atoms with E-state index in [0.717, 1.165) is 19.5 Å². The summed E-state index contributed by atoms with van der Waals surface area (Å²) >= 11 is 0. The number of hydrogen-bond acceptors (Lipinski definition) is 2. The summed E-state index contributed by atoms with van der Waals surface area (Å²) in [5.41, 5.74) is 1.59. The standard InChI is InChI=1S/C11H19NO/c1-4-12-9-11(2,3)7-10-5-6-13-8-10/h5-6,8,12H,4,7,9H2,1-3H3. The first-order valence-electron chi connectivity index (χ1n) is 4.86. The molecule has 1 aromatic rings. The highest BCUT2D eigenvalue weighted by Gasteiger charge is 2.17. The summed E-state index contributed by atoms with van der Waals surface area (Å²) < 4.78 is 5.04. The van der Waals surface area contributed by atoms with Crippen molar-refractivity contribution in [1.82, 2.24) is 5.32 Å². The Labute approximate surface area is 80.3 Å². The quantitative estimate of drug-likeness (QED) is 0.754. The van der Waals surface area contributed by atoms with Crippen LogP contribution in [0.15, 0.2) is 23.0 Å². The predicted octanol–water partition coefficient (Wildman–Crippen LogP) is 2.46. The molecule has 1 aromatic heterocycles. The van der Waals surface area contributed by atoms with Crippen LogP contribution < -0.4 is 5.32 Å². The molecular weight excluding hydrogens is 162 g/mol. The average molecular weight is 181 g/mol. The topological polar surface area (TPSA) is 25.2 Å². The lowest BCUT2D eigenvalue weighted by molar-refractivity contribution is 0.341. The van der Waals surface area contributed by atoms with E-state index in [0.29, 0.717) is 5.41 Å². The van der Waals surface area contributed by atoms with Gasteiger partial charge in [0.05, 0.1) is 12.5 Å². The van der Waals surface area contributed by atoms with Gasteiger partial charge in [0, 0.05) is 6.54 Å². The highest BCUT2D eigenvalue weighted by molar-refractivity contribution is 5.07. The summed E-state index contributed by atoms with van der Waals surface area (Å²) in [7, 11) is 0. The molecule has 0 unspecified atom stereocenters. The Kier molecular flexibility index (Phi) is 3.55. The van der Waals surface area contributed by atoms with Gasteiger partial charge >= 0.3 is 0 Å². The van der Waals surface area contributed by atoms with Gasteiger partial charge in [-0.2, -0.15) is 0 Å². The predicted molar refractivity (Wildman–Crippen MR) is 54.7 cm³/mol. The van der Waals surface area contributed by atoms with Crippen molar-refractivity contribution in [3.63, 3.8) is 0 Å². The fourth-order valence-electron chi connectivity index (χ4n) is 1.47. The van der Waals surface area contributed by atoms with Crippen molar-refractivity contribution in [3.8, 4) is 0 Å². The van der Waals surface area contributed by atoms with Gasteiger partial charge in [-0.1, -0.05) is 20.8 Å². The highest BCUT2D eigenvalue weighted by atomic mass is 16.3. The molecule has 0 saturated heterocycles. The highest BCUT2D eigenvalue weighted by Crippen LogP contribution is 2.20. The lowest BCUT2D eigenvalue weighted by atomic mass is 9.86. The van der Waals surface area contributed by atoms with Gasteiger partial charge in [0.2, 0.25) is 0 Å². The molecule has 1 N–H and O–H groups in total. The van der Waals surface area contributed by atoms with Crippen LogP contribution in [0.1, 0.15) is 26.3 Å². The third kappa shape index (κ3) is 3.64. The monoisotopic (exact) mass is 181 g/mol. The summed E-state index contributed by atoms with van der Waals surface area (Å²) in [5.74, 6) is 0. The van der Waals surface area contributed by atoms with Gasteiger partial charge in [-0.25, -0.2) is 0 Å². The van der Waals surface area contributed by atoms with Crippen molar-refractivity contribution in [3.05, 3.63) is 24.2 Å². The van der Waals surface area contributed by atoms with E-state index in [-0.39, 0.29) is 0 Å². The van der Waals surface area contributed by atoms with Crippen molar-refractivity contribution in [2.45, 2.75) is 27.2 Å². The molecule has 2 nitrogen and oxygen atoms in total. The Morgan fingerprint density at radius 2 is 2.23 bits per heavy atom. The fraction of sp³-hybridized carbons (Fsp3) is 0.636. The van der Waals surface area contributed by atoms with Crippen LogP contribution in [0.3, 0.4) is 0 Å². The van der Waals surface area contributed by atoms with Gasteiger partial charge in [-0.15, -0.1) is 0 Å². The zero-order chi connectivity index (χ0) is 9.73. The second-order valence-electron chi connectivity index (χ2n) is 4.25. The van der Waals surface area contributed by atoms with Gasteiger partial charge in [0.25, 0.3) is 0 Å².